The van der Waals surface area contributed by atoms with E-state index < -0.39 is 5.41 Å². The molecule has 2 heterocycles. The number of anilines is 1. The first-order chi connectivity index (χ1) is 14.3. The van der Waals surface area contributed by atoms with Crippen molar-refractivity contribution in [3.63, 3.8) is 0 Å². The van der Waals surface area contributed by atoms with E-state index in [0.717, 1.165) is 5.57 Å². The highest BCUT2D eigenvalue weighted by atomic mass is 35.5. The largest absolute Gasteiger partial charge is 0.403 e. The van der Waals surface area contributed by atoms with E-state index in [2.05, 4.69) is 15.3 Å². The molecule has 1 aliphatic heterocycles. The average Bonchev–Trinajstić information content (AvgIpc) is 3.08. The molecule has 0 saturated heterocycles. The number of halogens is 1. The van der Waals surface area contributed by atoms with Crippen LogP contribution in [0.4, 0.5) is 5.82 Å². The molecule has 158 valence electrons. The van der Waals surface area contributed by atoms with Gasteiger partial charge in [0.2, 0.25) is 5.91 Å². The molecule has 0 fully saturated rings. The van der Waals surface area contributed by atoms with Crippen molar-refractivity contribution in [3.8, 4) is 0 Å². The highest BCUT2D eigenvalue weighted by molar-refractivity contribution is 6.39. The maximum Gasteiger partial charge on any atom is 0.254 e. The van der Waals surface area contributed by atoms with Crippen LogP contribution in [-0.4, -0.2) is 40.2 Å². The van der Waals surface area contributed by atoms with Gasteiger partial charge < -0.3 is 21.4 Å². The minimum Gasteiger partial charge on any atom is -0.403 e. The van der Waals surface area contributed by atoms with Gasteiger partial charge in [-0.3, -0.25) is 14.6 Å². The van der Waals surface area contributed by atoms with E-state index in [1.165, 1.54) is 24.8 Å². The summed E-state index contributed by atoms with van der Waals surface area (Å²) < 4.78 is 0. The quantitative estimate of drug-likeness (QED) is 0.576. The number of aliphatic imine (C=N–C) groups is 1. The summed E-state index contributed by atoms with van der Waals surface area (Å²) in [5, 5.41) is 11.2. The Labute approximate surface area is 180 Å². The first-order valence-corrected chi connectivity index (χ1v) is 10.1. The van der Waals surface area contributed by atoms with E-state index in [1.807, 2.05) is 13.8 Å². The summed E-state index contributed by atoms with van der Waals surface area (Å²) in [4.78, 5) is 35.4. The number of aromatic nitrogens is 1. The second-order valence-corrected chi connectivity index (χ2v) is 7.93. The van der Waals surface area contributed by atoms with Crippen molar-refractivity contribution in [2.24, 2.45) is 16.1 Å². The Morgan fingerprint density at radius 2 is 2.30 bits per heavy atom. The van der Waals surface area contributed by atoms with E-state index in [0.29, 0.717) is 47.1 Å². The lowest BCUT2D eigenvalue weighted by molar-refractivity contribution is -0.115. The van der Waals surface area contributed by atoms with E-state index in [-0.39, 0.29) is 17.9 Å². The van der Waals surface area contributed by atoms with Gasteiger partial charge in [-0.15, -0.1) is 0 Å². The van der Waals surface area contributed by atoms with Gasteiger partial charge in [-0.25, -0.2) is 4.98 Å². The van der Waals surface area contributed by atoms with Gasteiger partial charge >= 0.3 is 0 Å². The van der Waals surface area contributed by atoms with Crippen molar-refractivity contribution in [3.05, 3.63) is 45.9 Å². The van der Waals surface area contributed by atoms with Crippen LogP contribution in [0.25, 0.3) is 0 Å². The zero-order valence-corrected chi connectivity index (χ0v) is 18.0. The van der Waals surface area contributed by atoms with Crippen LogP contribution < -0.4 is 11.1 Å². The van der Waals surface area contributed by atoms with Crippen molar-refractivity contribution >= 4 is 41.7 Å². The molecular weight excluding hydrogens is 404 g/mol. The monoisotopic (exact) mass is 428 g/mol. The van der Waals surface area contributed by atoms with Gasteiger partial charge in [0.05, 0.1) is 22.7 Å². The molecule has 2 atom stereocenters. The van der Waals surface area contributed by atoms with Gasteiger partial charge in [0.15, 0.2) is 0 Å². The van der Waals surface area contributed by atoms with Crippen LogP contribution in [0.15, 0.2) is 39.8 Å². The normalized spacial score (nSPS) is 22.2. The minimum atomic E-state index is -0.718. The number of allylic oxidation sites excluding steroid dienone is 2. The number of nitrogens with zero attached hydrogens (tertiary/aromatic N) is 3. The zero-order valence-electron chi connectivity index (χ0n) is 17.2. The standard InChI is InChI=1S/C21H25ClN6O2/c1-4-17(29)27-19-16-10-28(20(30)15(16)5-6-25-19)13(3)21(11-24)7-12(2)18(21)26-9-14(22)8-23/h5-6,8-9,11,13,24H,4,7,10,23H2,1-3H3,(H,25,27,29). The van der Waals surface area contributed by atoms with E-state index in [4.69, 9.17) is 22.7 Å². The summed E-state index contributed by atoms with van der Waals surface area (Å²) in [6.45, 7) is 5.92. The van der Waals surface area contributed by atoms with Crippen molar-refractivity contribution in [1.82, 2.24) is 9.88 Å². The van der Waals surface area contributed by atoms with E-state index in [1.54, 1.807) is 17.9 Å². The Bertz CT molecular complexity index is 999. The Kier molecular flexibility index (Phi) is 6.07. The maximum atomic E-state index is 13.2. The smallest absolute Gasteiger partial charge is 0.254 e. The number of carbonyl (C=O) groups is 2. The van der Waals surface area contributed by atoms with E-state index >= 15 is 0 Å². The molecular formula is C21H25ClN6O2. The van der Waals surface area contributed by atoms with Crippen LogP contribution in [0.1, 0.15) is 49.5 Å². The van der Waals surface area contributed by atoms with Crippen LogP contribution in [0, 0.1) is 10.8 Å². The Morgan fingerprint density at radius 1 is 1.57 bits per heavy atom. The van der Waals surface area contributed by atoms with Crippen molar-refractivity contribution in [1.29, 1.82) is 5.41 Å². The number of carbonyl (C=O) groups excluding carboxylic acids is 2. The third-order valence-electron chi connectivity index (χ3n) is 5.80. The first-order valence-electron chi connectivity index (χ1n) is 9.71. The minimum absolute atomic E-state index is 0.152. The number of hydrogen-bond donors (Lipinski definition) is 3. The molecule has 0 aromatic carbocycles. The predicted octanol–water partition coefficient (Wildman–Crippen LogP) is 3.20. The first kappa shape index (κ1) is 21.7. The summed E-state index contributed by atoms with van der Waals surface area (Å²) in [6.07, 6.45) is 6.51. The molecule has 1 aromatic heterocycles. The molecule has 1 aromatic rings. The summed E-state index contributed by atoms with van der Waals surface area (Å²) in [7, 11) is 0. The van der Waals surface area contributed by atoms with Crippen LogP contribution in [-0.2, 0) is 11.3 Å². The summed E-state index contributed by atoms with van der Waals surface area (Å²) in [6, 6.07) is 1.33. The molecule has 4 N–H and O–H groups in total. The van der Waals surface area contributed by atoms with Crippen molar-refractivity contribution in [2.75, 3.05) is 5.32 Å². The average molecular weight is 429 g/mol. The lowest BCUT2D eigenvalue weighted by atomic mass is 9.64. The summed E-state index contributed by atoms with van der Waals surface area (Å²) >= 11 is 5.94. The number of rotatable bonds is 7. The fourth-order valence-electron chi connectivity index (χ4n) is 4.05. The third-order valence-corrected chi connectivity index (χ3v) is 6.03. The molecule has 2 aliphatic rings. The van der Waals surface area contributed by atoms with Crippen LogP contribution in [0.3, 0.4) is 0 Å². The zero-order chi connectivity index (χ0) is 22.1. The second kappa shape index (κ2) is 8.39. The molecule has 3 rings (SSSR count). The van der Waals surface area contributed by atoms with Gasteiger partial charge in [0.25, 0.3) is 5.91 Å². The van der Waals surface area contributed by atoms with Gasteiger partial charge in [-0.05, 0) is 31.9 Å². The molecule has 0 bridgehead atoms. The number of amides is 2. The van der Waals surface area contributed by atoms with Gasteiger partial charge in [-0.1, -0.05) is 18.5 Å². The number of hydrogen-bond acceptors (Lipinski definition) is 6. The number of nitrogens with two attached hydrogens (primary N) is 1. The highest BCUT2D eigenvalue weighted by Gasteiger charge is 2.51. The topological polar surface area (TPSA) is 125 Å². The van der Waals surface area contributed by atoms with Crippen molar-refractivity contribution < 1.29 is 9.59 Å². The fourth-order valence-corrected chi connectivity index (χ4v) is 4.10. The highest BCUT2D eigenvalue weighted by Crippen LogP contribution is 2.50. The van der Waals surface area contributed by atoms with Crippen LogP contribution in [0.2, 0.25) is 0 Å². The Morgan fingerprint density at radius 3 is 2.90 bits per heavy atom. The maximum absolute atomic E-state index is 13.2. The molecule has 2 unspecified atom stereocenters. The second-order valence-electron chi connectivity index (χ2n) is 7.50. The molecule has 30 heavy (non-hydrogen) atoms. The Hall–Kier alpha value is -3.00. The van der Waals surface area contributed by atoms with Gasteiger partial charge in [-0.2, -0.15) is 0 Å². The lowest BCUT2D eigenvalue weighted by Gasteiger charge is -2.47. The predicted molar refractivity (Wildman–Crippen MR) is 118 cm³/mol. The molecule has 0 saturated carbocycles. The number of fused-ring (bicyclic) bond motifs is 1. The van der Waals surface area contributed by atoms with Crippen LogP contribution in [0.5, 0.6) is 0 Å². The molecule has 1 aliphatic carbocycles. The third kappa shape index (κ3) is 3.52. The summed E-state index contributed by atoms with van der Waals surface area (Å²) in [5.41, 5.74) is 7.64. The molecule has 9 heteroatoms. The number of pyridine rings is 1. The molecule has 8 nitrogen and oxygen atoms in total. The molecule has 0 spiro atoms. The van der Waals surface area contributed by atoms with Crippen molar-refractivity contribution in [2.45, 2.75) is 46.2 Å². The SMILES string of the molecule is CCC(=O)Nc1nccc2c1CN(C(C)C1(C=N)CC(C)=C1N=CC(Cl)=CN)C2=O. The van der Waals surface area contributed by atoms with Gasteiger partial charge in [0, 0.05) is 48.4 Å². The lowest BCUT2D eigenvalue weighted by Crippen LogP contribution is -2.52. The Balaban J connectivity index is 1.91. The van der Waals surface area contributed by atoms with E-state index in [9.17, 15) is 9.59 Å². The summed E-state index contributed by atoms with van der Waals surface area (Å²) in [5.74, 6) is 0.0930. The molecule has 0 radical (unpaired) electrons. The molecule has 2 amide bonds. The number of nitrogens with one attached hydrogen (secondary N) is 2. The van der Waals surface area contributed by atoms with Gasteiger partial charge in [0.1, 0.15) is 5.82 Å². The van der Waals surface area contributed by atoms with Crippen LogP contribution >= 0.6 is 11.6 Å². The fraction of sp³-hybridized carbons (Fsp3) is 0.381.